The Morgan fingerprint density at radius 1 is 1.08 bits per heavy atom. The second-order valence-electron chi connectivity index (χ2n) is 7.59. The summed E-state index contributed by atoms with van der Waals surface area (Å²) in [4.78, 5) is 31.9. The number of hydrogen-bond donors (Lipinski definition) is 0. The van der Waals surface area contributed by atoms with Gasteiger partial charge in [-0.25, -0.2) is 0 Å². The molecule has 0 radical (unpaired) electrons. The molecular weight excluding hydrogens is 326 g/mol. The second-order valence-corrected chi connectivity index (χ2v) is 7.59. The zero-order chi connectivity index (χ0) is 18.4. The maximum absolute atomic E-state index is 13.1. The van der Waals surface area contributed by atoms with Crippen molar-refractivity contribution in [2.24, 2.45) is 10.9 Å². The first-order valence-electron chi connectivity index (χ1n) is 10.2. The number of aromatic nitrogens is 1. The summed E-state index contributed by atoms with van der Waals surface area (Å²) in [6.07, 6.45) is 10.9. The summed E-state index contributed by atoms with van der Waals surface area (Å²) >= 11 is 0. The Bertz CT molecular complexity index is 680. The average molecular weight is 357 g/mol. The van der Waals surface area contributed by atoms with Crippen molar-refractivity contribution in [1.29, 1.82) is 0 Å². The third-order valence-electron chi connectivity index (χ3n) is 5.63. The van der Waals surface area contributed by atoms with Crippen LogP contribution in [0.3, 0.4) is 0 Å². The highest BCUT2D eigenvalue weighted by atomic mass is 16.2. The first-order valence-corrected chi connectivity index (χ1v) is 10.2. The Labute approximate surface area is 156 Å². The van der Waals surface area contributed by atoms with Crippen molar-refractivity contribution in [3.63, 3.8) is 0 Å². The summed E-state index contributed by atoms with van der Waals surface area (Å²) in [5.74, 6) is 0.329. The molecule has 0 unspecified atom stereocenters. The van der Waals surface area contributed by atoms with Crippen LogP contribution < -0.4 is 5.49 Å². The fourth-order valence-corrected chi connectivity index (χ4v) is 4.07. The predicted molar refractivity (Wildman–Crippen MR) is 102 cm³/mol. The standard InChI is InChI=1S/C21H31N3O2/c1-2-8-20(25)23-15-12-17(13-16-23)21(26)24-14-7-6-11-19(24)22-18-9-4-3-5-10-18/h6-7,11,14,17-18H,2-5,8-10,12-13,15-16H2,1H3. The third-order valence-corrected chi connectivity index (χ3v) is 5.63. The molecule has 5 heteroatoms. The predicted octanol–water partition coefficient (Wildman–Crippen LogP) is 3.40. The lowest BCUT2D eigenvalue weighted by Crippen LogP contribution is -2.42. The van der Waals surface area contributed by atoms with Crippen molar-refractivity contribution in [1.82, 2.24) is 9.47 Å². The number of hydrogen-bond acceptors (Lipinski definition) is 3. The summed E-state index contributed by atoms with van der Waals surface area (Å²) in [6.45, 7) is 3.41. The molecule has 1 aromatic heterocycles. The molecule has 26 heavy (non-hydrogen) atoms. The van der Waals surface area contributed by atoms with E-state index in [1.54, 1.807) is 4.57 Å². The van der Waals surface area contributed by atoms with E-state index in [9.17, 15) is 9.59 Å². The van der Waals surface area contributed by atoms with Crippen LogP contribution in [0.25, 0.3) is 0 Å². The lowest BCUT2D eigenvalue weighted by molar-refractivity contribution is -0.132. The first-order chi connectivity index (χ1) is 12.7. The van der Waals surface area contributed by atoms with Gasteiger partial charge in [-0.1, -0.05) is 32.3 Å². The van der Waals surface area contributed by atoms with Crippen molar-refractivity contribution in [3.8, 4) is 0 Å². The van der Waals surface area contributed by atoms with Crippen LogP contribution in [0, 0.1) is 5.92 Å². The molecule has 1 saturated carbocycles. The lowest BCUT2D eigenvalue weighted by atomic mass is 9.95. The van der Waals surface area contributed by atoms with Gasteiger partial charge in [-0.05, 0) is 44.2 Å². The zero-order valence-corrected chi connectivity index (χ0v) is 15.9. The summed E-state index contributed by atoms with van der Waals surface area (Å²) in [7, 11) is 0. The summed E-state index contributed by atoms with van der Waals surface area (Å²) < 4.78 is 1.74. The van der Waals surface area contributed by atoms with Gasteiger partial charge < -0.3 is 4.90 Å². The molecule has 142 valence electrons. The fraction of sp³-hybridized carbons (Fsp3) is 0.667. The van der Waals surface area contributed by atoms with Crippen molar-refractivity contribution >= 4 is 11.8 Å². The topological polar surface area (TPSA) is 54.7 Å². The maximum Gasteiger partial charge on any atom is 0.235 e. The molecule has 0 atom stereocenters. The van der Waals surface area contributed by atoms with Gasteiger partial charge in [0.1, 0.15) is 5.49 Å². The molecule has 5 nitrogen and oxygen atoms in total. The molecule has 2 aliphatic rings. The van der Waals surface area contributed by atoms with Crippen LogP contribution in [-0.2, 0) is 4.79 Å². The summed E-state index contributed by atoms with van der Waals surface area (Å²) in [5, 5.41) is 0. The largest absolute Gasteiger partial charge is 0.343 e. The van der Waals surface area contributed by atoms with Gasteiger partial charge in [0.2, 0.25) is 11.8 Å². The highest BCUT2D eigenvalue weighted by Crippen LogP contribution is 2.21. The zero-order valence-electron chi connectivity index (χ0n) is 15.9. The van der Waals surface area contributed by atoms with Crippen LogP contribution >= 0.6 is 0 Å². The molecule has 1 aromatic rings. The molecule has 1 amide bonds. The van der Waals surface area contributed by atoms with Gasteiger partial charge in [-0.2, -0.15) is 0 Å². The van der Waals surface area contributed by atoms with E-state index in [0.29, 0.717) is 25.6 Å². The molecule has 0 bridgehead atoms. The number of piperidine rings is 1. The minimum absolute atomic E-state index is 0.0200. The molecular formula is C21H31N3O2. The normalized spacial score (nSPS) is 20.3. The van der Waals surface area contributed by atoms with Crippen molar-refractivity contribution in [2.45, 2.75) is 70.8 Å². The monoisotopic (exact) mass is 357 g/mol. The molecule has 0 N–H and O–H groups in total. The van der Waals surface area contributed by atoms with Gasteiger partial charge in [-0.15, -0.1) is 0 Å². The number of carbonyl (C=O) groups is 2. The van der Waals surface area contributed by atoms with Crippen LogP contribution in [0.4, 0.5) is 0 Å². The SMILES string of the molecule is CCCC(=O)N1CCC(C(=O)n2ccccc2=NC2CCCCC2)CC1. The molecule has 1 aliphatic carbocycles. The smallest absolute Gasteiger partial charge is 0.235 e. The molecule has 1 saturated heterocycles. The highest BCUT2D eigenvalue weighted by molar-refractivity contribution is 5.82. The number of pyridine rings is 1. The molecule has 0 spiro atoms. The number of nitrogens with zero attached hydrogens (tertiary/aromatic N) is 3. The molecule has 3 rings (SSSR count). The van der Waals surface area contributed by atoms with E-state index in [2.05, 4.69) is 0 Å². The van der Waals surface area contributed by atoms with E-state index >= 15 is 0 Å². The molecule has 2 fully saturated rings. The highest BCUT2D eigenvalue weighted by Gasteiger charge is 2.28. The lowest BCUT2D eigenvalue weighted by Gasteiger charge is -2.31. The minimum Gasteiger partial charge on any atom is -0.343 e. The number of likely N-dealkylation sites (tertiary alicyclic amines) is 1. The Morgan fingerprint density at radius 2 is 1.81 bits per heavy atom. The average Bonchev–Trinajstić information content (AvgIpc) is 2.69. The third kappa shape index (κ3) is 4.63. The van der Waals surface area contributed by atoms with Gasteiger partial charge in [0.25, 0.3) is 0 Å². The van der Waals surface area contributed by atoms with Gasteiger partial charge in [0.15, 0.2) is 0 Å². The number of amides is 1. The van der Waals surface area contributed by atoms with E-state index in [-0.39, 0.29) is 17.7 Å². The second kappa shape index (κ2) is 9.15. The van der Waals surface area contributed by atoms with E-state index in [4.69, 9.17) is 4.99 Å². The minimum atomic E-state index is -0.0200. The molecule has 1 aliphatic heterocycles. The maximum atomic E-state index is 13.1. The first kappa shape index (κ1) is 18.9. The van der Waals surface area contributed by atoms with Crippen LogP contribution in [-0.4, -0.2) is 40.4 Å². The van der Waals surface area contributed by atoms with Crippen LogP contribution in [0.2, 0.25) is 0 Å². The van der Waals surface area contributed by atoms with Crippen molar-refractivity contribution in [2.75, 3.05) is 13.1 Å². The fourth-order valence-electron chi connectivity index (χ4n) is 4.07. The Hall–Kier alpha value is -1.91. The number of rotatable bonds is 4. The van der Waals surface area contributed by atoms with E-state index < -0.39 is 0 Å². The van der Waals surface area contributed by atoms with Gasteiger partial charge in [0.05, 0.1) is 6.04 Å². The van der Waals surface area contributed by atoms with Gasteiger partial charge in [0, 0.05) is 31.6 Å². The van der Waals surface area contributed by atoms with Crippen LogP contribution in [0.15, 0.2) is 29.4 Å². The Morgan fingerprint density at radius 3 is 2.50 bits per heavy atom. The van der Waals surface area contributed by atoms with Gasteiger partial charge >= 0.3 is 0 Å². The quantitative estimate of drug-likeness (QED) is 0.829. The van der Waals surface area contributed by atoms with E-state index in [1.807, 2.05) is 36.2 Å². The molecule has 0 aromatic carbocycles. The van der Waals surface area contributed by atoms with Gasteiger partial charge in [-0.3, -0.25) is 19.1 Å². The van der Waals surface area contributed by atoms with Crippen molar-refractivity contribution in [3.05, 3.63) is 29.9 Å². The summed E-state index contributed by atoms with van der Waals surface area (Å²) in [6, 6.07) is 6.15. The Kier molecular flexibility index (Phi) is 6.64. The van der Waals surface area contributed by atoms with E-state index in [1.165, 1.54) is 19.3 Å². The summed E-state index contributed by atoms with van der Waals surface area (Å²) in [5.41, 5.74) is 0.786. The Balaban J connectivity index is 1.69. The molecule has 2 heterocycles. The van der Waals surface area contributed by atoms with Crippen LogP contribution in [0.5, 0.6) is 0 Å². The van der Waals surface area contributed by atoms with E-state index in [0.717, 1.165) is 37.6 Å². The number of carbonyl (C=O) groups excluding carboxylic acids is 2. The van der Waals surface area contributed by atoms with Crippen LogP contribution in [0.1, 0.15) is 69.5 Å². The van der Waals surface area contributed by atoms with Crippen molar-refractivity contribution < 1.29 is 9.59 Å².